The Morgan fingerprint density at radius 3 is 2.52 bits per heavy atom. The van der Waals surface area contributed by atoms with E-state index in [0.717, 1.165) is 5.57 Å². The number of aliphatic hydroxyl groups is 2. The number of methoxy groups -OCH3 is 1. The Bertz CT molecular complexity index is 755. The van der Waals surface area contributed by atoms with Crippen LogP contribution in [0.25, 0.3) is 0 Å². The third kappa shape index (κ3) is 4.38. The topological polar surface area (TPSA) is 102 Å². The molecule has 2 bridgehead atoms. The molecule has 0 unspecified atom stereocenters. The molecule has 3 aliphatic rings. The highest BCUT2D eigenvalue weighted by Gasteiger charge is 2.56. The van der Waals surface area contributed by atoms with Gasteiger partial charge in [-0.3, -0.25) is 4.79 Å². The van der Waals surface area contributed by atoms with Crippen molar-refractivity contribution >= 4 is 11.8 Å². The van der Waals surface area contributed by atoms with Crippen molar-refractivity contribution in [3.05, 3.63) is 23.8 Å². The summed E-state index contributed by atoms with van der Waals surface area (Å²) in [5.41, 5.74) is 0.210. The Morgan fingerprint density at radius 1 is 1.26 bits per heavy atom. The van der Waals surface area contributed by atoms with E-state index in [9.17, 15) is 19.8 Å². The van der Waals surface area contributed by atoms with Gasteiger partial charge >= 0.3 is 5.97 Å². The molecular weight excluding hydrogens is 400 g/mol. The van der Waals surface area contributed by atoms with Gasteiger partial charge in [0, 0.05) is 30.8 Å². The molecule has 0 aromatic rings. The highest BCUT2D eigenvalue weighted by Crippen LogP contribution is 2.52. The van der Waals surface area contributed by atoms with Gasteiger partial charge in [0.05, 0.1) is 17.8 Å². The minimum atomic E-state index is -0.849. The number of esters is 1. The summed E-state index contributed by atoms with van der Waals surface area (Å²) in [6.07, 6.45) is 3.23. The van der Waals surface area contributed by atoms with E-state index in [1.165, 1.54) is 7.11 Å². The van der Waals surface area contributed by atoms with Gasteiger partial charge in [-0.1, -0.05) is 32.1 Å². The quantitative estimate of drug-likeness (QED) is 0.503. The van der Waals surface area contributed by atoms with Crippen molar-refractivity contribution in [1.29, 1.82) is 0 Å². The van der Waals surface area contributed by atoms with Crippen LogP contribution in [-0.4, -0.2) is 65.2 Å². The fourth-order valence-corrected chi connectivity index (χ4v) is 5.25. The first-order chi connectivity index (χ1) is 14.5. The first kappa shape index (κ1) is 24.1. The van der Waals surface area contributed by atoms with Crippen LogP contribution in [0.2, 0.25) is 0 Å². The van der Waals surface area contributed by atoms with Crippen LogP contribution in [0.3, 0.4) is 0 Å². The van der Waals surface area contributed by atoms with Crippen molar-refractivity contribution in [3.63, 3.8) is 0 Å². The molecular formula is C24H36O7. The zero-order valence-corrected chi connectivity index (χ0v) is 19.3. The van der Waals surface area contributed by atoms with Gasteiger partial charge in [0.1, 0.15) is 12.2 Å². The number of Topliss-reactive ketones (excluding diaryl/α,β-unsaturated/α-hetero) is 1. The third-order valence-corrected chi connectivity index (χ3v) is 7.35. The van der Waals surface area contributed by atoms with Gasteiger partial charge < -0.3 is 24.4 Å². The second-order valence-electron chi connectivity index (χ2n) is 9.53. The number of hydrogen-bond acceptors (Lipinski definition) is 7. The molecule has 0 saturated carbocycles. The number of ether oxygens (including phenoxy) is 3. The van der Waals surface area contributed by atoms with Crippen LogP contribution in [0.15, 0.2) is 23.8 Å². The van der Waals surface area contributed by atoms with Crippen molar-refractivity contribution < 1.29 is 34.0 Å². The van der Waals surface area contributed by atoms with Crippen molar-refractivity contribution in [3.8, 4) is 0 Å². The van der Waals surface area contributed by atoms with E-state index in [-0.39, 0.29) is 23.5 Å². The summed E-state index contributed by atoms with van der Waals surface area (Å²) >= 11 is 0. The lowest BCUT2D eigenvalue weighted by Crippen LogP contribution is -2.46. The maximum atomic E-state index is 13.1. The molecule has 10 atom stereocenters. The molecule has 0 aromatic carbocycles. The molecule has 2 heterocycles. The smallest absolute Gasteiger partial charge is 0.335 e. The van der Waals surface area contributed by atoms with Gasteiger partial charge in [0.2, 0.25) is 0 Å². The minimum absolute atomic E-state index is 0.0907. The van der Waals surface area contributed by atoms with Crippen molar-refractivity contribution in [2.24, 2.45) is 23.7 Å². The predicted molar refractivity (Wildman–Crippen MR) is 114 cm³/mol. The predicted octanol–water partition coefficient (Wildman–Crippen LogP) is 2.20. The van der Waals surface area contributed by atoms with E-state index in [0.29, 0.717) is 12.8 Å². The fourth-order valence-electron chi connectivity index (χ4n) is 5.25. The number of carbonyl (C=O) groups is 2. The number of ketones is 1. The van der Waals surface area contributed by atoms with Gasteiger partial charge in [-0.15, -0.1) is 0 Å². The van der Waals surface area contributed by atoms with Gasteiger partial charge in [0.15, 0.2) is 11.9 Å². The Hall–Kier alpha value is -1.54. The molecule has 2 aliphatic heterocycles. The number of aliphatic hydroxyl groups excluding tert-OH is 2. The molecule has 1 aliphatic carbocycles. The number of carbonyl (C=O) groups excluding carboxylic acids is 2. The SMILES string of the molecule is CO[C@H]1C[C@H]2C=C[C@@H]3C[C@]2(O[C@H]3C(=O)[C@H](C)[C@H](C)O)/C(C)=C/[C@@H](C)[C@@H]([C@@H](C)O)OC1=O. The lowest BCUT2D eigenvalue weighted by Gasteiger charge is -2.41. The summed E-state index contributed by atoms with van der Waals surface area (Å²) in [5.74, 6) is -1.67. The van der Waals surface area contributed by atoms with E-state index < -0.39 is 48.0 Å². The molecule has 1 fully saturated rings. The van der Waals surface area contributed by atoms with Gasteiger partial charge in [0.25, 0.3) is 0 Å². The molecule has 3 rings (SSSR count). The summed E-state index contributed by atoms with van der Waals surface area (Å²) in [6.45, 7) is 8.81. The van der Waals surface area contributed by atoms with Crippen LogP contribution < -0.4 is 0 Å². The molecule has 7 heteroatoms. The Kier molecular flexibility index (Phi) is 7.11. The summed E-state index contributed by atoms with van der Waals surface area (Å²) in [5, 5.41) is 20.2. The van der Waals surface area contributed by atoms with Crippen LogP contribution in [0.5, 0.6) is 0 Å². The van der Waals surface area contributed by atoms with Crippen LogP contribution in [0.1, 0.15) is 47.5 Å². The van der Waals surface area contributed by atoms with E-state index >= 15 is 0 Å². The minimum Gasteiger partial charge on any atom is -0.457 e. The number of cyclic esters (lactones) is 1. The van der Waals surface area contributed by atoms with Crippen molar-refractivity contribution in [1.82, 2.24) is 0 Å². The standard InChI is InChI=1S/C24H36O7/c1-12-9-13(2)24-11-17(22(31-24)20(27)14(3)15(4)25)7-8-18(24)10-19(29-6)23(28)30-21(12)16(5)26/h7-9,12,14-19,21-22,25-26H,10-11H2,1-6H3/b13-9+/t12-,14-,15+,16-,17-,18-,19+,21+,22-,24+/m1/s1. The second-order valence-corrected chi connectivity index (χ2v) is 9.53. The Balaban J connectivity index is 2.03. The third-order valence-electron chi connectivity index (χ3n) is 7.35. The average Bonchev–Trinajstić information content (AvgIpc) is 3.03. The normalized spacial score (nSPS) is 42.6. The molecule has 2 N–H and O–H groups in total. The second kappa shape index (κ2) is 9.14. The first-order valence-corrected chi connectivity index (χ1v) is 11.2. The zero-order chi connectivity index (χ0) is 23.1. The summed E-state index contributed by atoms with van der Waals surface area (Å²) in [6, 6.07) is 0. The maximum absolute atomic E-state index is 13.1. The maximum Gasteiger partial charge on any atom is 0.335 e. The molecule has 1 saturated heterocycles. The molecule has 0 amide bonds. The Labute approximate surface area is 184 Å². The van der Waals surface area contributed by atoms with Crippen LogP contribution in [0, 0.1) is 23.7 Å². The molecule has 174 valence electrons. The monoisotopic (exact) mass is 436 g/mol. The summed E-state index contributed by atoms with van der Waals surface area (Å²) < 4.78 is 17.7. The van der Waals surface area contributed by atoms with Gasteiger partial charge in [-0.2, -0.15) is 0 Å². The molecule has 1 spiro atoms. The van der Waals surface area contributed by atoms with Crippen LogP contribution in [-0.2, 0) is 23.8 Å². The molecule has 7 nitrogen and oxygen atoms in total. The Morgan fingerprint density at radius 2 is 1.94 bits per heavy atom. The fraction of sp³-hybridized carbons (Fsp3) is 0.750. The number of hydrogen-bond donors (Lipinski definition) is 2. The highest BCUT2D eigenvalue weighted by molar-refractivity contribution is 5.86. The van der Waals surface area contributed by atoms with E-state index in [2.05, 4.69) is 0 Å². The average molecular weight is 437 g/mol. The lowest BCUT2D eigenvalue weighted by molar-refractivity contribution is -0.171. The van der Waals surface area contributed by atoms with Crippen LogP contribution >= 0.6 is 0 Å². The van der Waals surface area contributed by atoms with Crippen LogP contribution in [0.4, 0.5) is 0 Å². The van der Waals surface area contributed by atoms with Gasteiger partial charge in [-0.05, 0) is 39.2 Å². The largest absolute Gasteiger partial charge is 0.457 e. The summed E-state index contributed by atoms with van der Waals surface area (Å²) in [4.78, 5) is 25.9. The van der Waals surface area contributed by atoms with Crippen molar-refractivity contribution in [2.75, 3.05) is 7.11 Å². The molecule has 0 aromatic heterocycles. The first-order valence-electron chi connectivity index (χ1n) is 11.2. The zero-order valence-electron chi connectivity index (χ0n) is 19.3. The molecule has 0 radical (unpaired) electrons. The van der Waals surface area contributed by atoms with Crippen molar-refractivity contribution in [2.45, 2.75) is 83.6 Å². The number of rotatable bonds is 5. The molecule has 31 heavy (non-hydrogen) atoms. The van der Waals surface area contributed by atoms with Gasteiger partial charge in [-0.25, -0.2) is 4.79 Å². The number of fused-ring (bicyclic) bond motifs is 1. The van der Waals surface area contributed by atoms with E-state index in [4.69, 9.17) is 14.2 Å². The lowest BCUT2D eigenvalue weighted by atomic mass is 9.69. The summed E-state index contributed by atoms with van der Waals surface area (Å²) in [7, 11) is 1.47. The van der Waals surface area contributed by atoms with E-state index in [1.54, 1.807) is 20.8 Å². The highest BCUT2D eigenvalue weighted by atomic mass is 16.6. The van der Waals surface area contributed by atoms with E-state index in [1.807, 2.05) is 32.1 Å².